The standard InChI is InChI=1S/C16H23NO4/c1-12(2)8-9-14(15(18)19)10-17-16(20)21-11-13-6-4-3-5-7-13/h3-7,12,14H,8-11H2,1-2H3,(H,17,20)(H,18,19)/t14-/m1/s1. The number of carboxylic acids is 1. The molecule has 0 aliphatic rings. The fourth-order valence-corrected chi connectivity index (χ4v) is 1.83. The molecular formula is C16H23NO4. The van der Waals surface area contributed by atoms with Crippen molar-refractivity contribution in [2.75, 3.05) is 6.54 Å². The summed E-state index contributed by atoms with van der Waals surface area (Å²) < 4.78 is 5.04. The van der Waals surface area contributed by atoms with Gasteiger partial charge in [0.15, 0.2) is 0 Å². The molecule has 0 spiro atoms. The number of benzene rings is 1. The number of carboxylic acid groups (broad SMARTS) is 1. The first-order valence-electron chi connectivity index (χ1n) is 7.16. The van der Waals surface area contributed by atoms with E-state index in [2.05, 4.69) is 5.32 Å². The van der Waals surface area contributed by atoms with Crippen molar-refractivity contribution < 1.29 is 19.4 Å². The molecule has 0 saturated carbocycles. The van der Waals surface area contributed by atoms with Gasteiger partial charge < -0.3 is 15.2 Å². The molecule has 116 valence electrons. The van der Waals surface area contributed by atoms with Crippen LogP contribution in [0.15, 0.2) is 30.3 Å². The normalized spacial score (nSPS) is 12.0. The highest BCUT2D eigenvalue weighted by Gasteiger charge is 2.18. The topological polar surface area (TPSA) is 75.6 Å². The van der Waals surface area contributed by atoms with Crippen LogP contribution in [-0.2, 0) is 16.1 Å². The van der Waals surface area contributed by atoms with Crippen LogP contribution < -0.4 is 5.32 Å². The molecule has 0 saturated heterocycles. The lowest BCUT2D eigenvalue weighted by atomic mass is 9.98. The van der Waals surface area contributed by atoms with Gasteiger partial charge in [-0.25, -0.2) is 4.79 Å². The molecule has 0 heterocycles. The number of aliphatic carboxylic acids is 1. The Balaban J connectivity index is 2.31. The summed E-state index contributed by atoms with van der Waals surface area (Å²) in [6.07, 6.45) is 0.776. The Morgan fingerprint density at radius 3 is 2.43 bits per heavy atom. The first-order valence-corrected chi connectivity index (χ1v) is 7.16. The molecular weight excluding hydrogens is 270 g/mol. The summed E-state index contributed by atoms with van der Waals surface area (Å²) in [5.74, 6) is -1.02. The van der Waals surface area contributed by atoms with E-state index in [-0.39, 0.29) is 13.2 Å². The lowest BCUT2D eigenvalue weighted by Gasteiger charge is -2.14. The fourth-order valence-electron chi connectivity index (χ4n) is 1.83. The van der Waals surface area contributed by atoms with Gasteiger partial charge in [0, 0.05) is 6.54 Å². The summed E-state index contributed by atoms with van der Waals surface area (Å²) in [4.78, 5) is 22.7. The molecule has 1 aromatic carbocycles. The van der Waals surface area contributed by atoms with Crippen LogP contribution >= 0.6 is 0 Å². The second-order valence-electron chi connectivity index (χ2n) is 5.45. The van der Waals surface area contributed by atoms with Crippen molar-refractivity contribution in [2.24, 2.45) is 11.8 Å². The van der Waals surface area contributed by atoms with E-state index in [1.165, 1.54) is 0 Å². The zero-order valence-electron chi connectivity index (χ0n) is 12.5. The molecule has 5 nitrogen and oxygen atoms in total. The average Bonchev–Trinajstić information content (AvgIpc) is 2.45. The number of carbonyl (C=O) groups excluding carboxylic acids is 1. The molecule has 0 radical (unpaired) electrons. The summed E-state index contributed by atoms with van der Waals surface area (Å²) in [6, 6.07) is 9.33. The second-order valence-corrected chi connectivity index (χ2v) is 5.45. The maximum atomic E-state index is 11.6. The third kappa shape index (κ3) is 7.34. The molecule has 0 fully saturated rings. The van der Waals surface area contributed by atoms with E-state index in [0.29, 0.717) is 12.3 Å². The van der Waals surface area contributed by atoms with Crippen LogP contribution in [0, 0.1) is 11.8 Å². The van der Waals surface area contributed by atoms with Crippen LogP contribution in [0.3, 0.4) is 0 Å². The highest BCUT2D eigenvalue weighted by molar-refractivity contribution is 5.72. The van der Waals surface area contributed by atoms with Gasteiger partial charge in [-0.3, -0.25) is 4.79 Å². The molecule has 0 aliphatic heterocycles. The highest BCUT2D eigenvalue weighted by atomic mass is 16.5. The minimum atomic E-state index is -0.890. The number of amides is 1. The van der Waals surface area contributed by atoms with E-state index in [1.807, 2.05) is 44.2 Å². The monoisotopic (exact) mass is 293 g/mol. The van der Waals surface area contributed by atoms with Gasteiger partial charge in [-0.1, -0.05) is 50.6 Å². The van der Waals surface area contributed by atoms with E-state index in [0.717, 1.165) is 12.0 Å². The maximum Gasteiger partial charge on any atom is 0.407 e. The van der Waals surface area contributed by atoms with Crippen molar-refractivity contribution in [3.63, 3.8) is 0 Å². The molecule has 0 aliphatic carbocycles. The highest BCUT2D eigenvalue weighted by Crippen LogP contribution is 2.12. The largest absolute Gasteiger partial charge is 0.481 e. The SMILES string of the molecule is CC(C)CC[C@H](CNC(=O)OCc1ccccc1)C(=O)O. The Kier molecular flexibility index (Phi) is 7.29. The summed E-state index contributed by atoms with van der Waals surface area (Å²) in [7, 11) is 0. The summed E-state index contributed by atoms with van der Waals surface area (Å²) >= 11 is 0. The molecule has 1 atom stereocenters. The summed E-state index contributed by atoms with van der Waals surface area (Å²) in [5.41, 5.74) is 0.891. The minimum absolute atomic E-state index is 0.0929. The number of rotatable bonds is 8. The smallest absolute Gasteiger partial charge is 0.407 e. The van der Waals surface area contributed by atoms with Crippen LogP contribution in [0.1, 0.15) is 32.3 Å². The summed E-state index contributed by atoms with van der Waals surface area (Å²) in [5, 5.41) is 11.6. The first kappa shape index (κ1) is 17.0. The Hall–Kier alpha value is -2.04. The van der Waals surface area contributed by atoms with Crippen molar-refractivity contribution in [3.8, 4) is 0 Å². The molecule has 2 N–H and O–H groups in total. The quantitative estimate of drug-likeness (QED) is 0.772. The molecule has 0 bridgehead atoms. The van der Waals surface area contributed by atoms with Gasteiger partial charge in [-0.15, -0.1) is 0 Å². The molecule has 1 rings (SSSR count). The van der Waals surface area contributed by atoms with E-state index < -0.39 is 18.0 Å². The van der Waals surface area contributed by atoms with Crippen LogP contribution in [0.2, 0.25) is 0 Å². The van der Waals surface area contributed by atoms with Gasteiger partial charge in [-0.2, -0.15) is 0 Å². The van der Waals surface area contributed by atoms with Crippen LogP contribution in [0.25, 0.3) is 0 Å². The lowest BCUT2D eigenvalue weighted by molar-refractivity contribution is -0.141. The van der Waals surface area contributed by atoms with Gasteiger partial charge in [0.05, 0.1) is 5.92 Å². The van der Waals surface area contributed by atoms with Crippen LogP contribution in [0.5, 0.6) is 0 Å². The van der Waals surface area contributed by atoms with Crippen molar-refractivity contribution in [3.05, 3.63) is 35.9 Å². The van der Waals surface area contributed by atoms with Gasteiger partial charge in [0.1, 0.15) is 6.61 Å². The van der Waals surface area contributed by atoms with E-state index in [1.54, 1.807) is 0 Å². The van der Waals surface area contributed by atoms with Crippen molar-refractivity contribution in [1.29, 1.82) is 0 Å². The lowest BCUT2D eigenvalue weighted by Crippen LogP contribution is -2.33. The van der Waals surface area contributed by atoms with Crippen molar-refractivity contribution in [1.82, 2.24) is 5.32 Å². The predicted octanol–water partition coefficient (Wildman–Crippen LogP) is 3.05. The minimum Gasteiger partial charge on any atom is -0.481 e. The molecule has 5 heteroatoms. The van der Waals surface area contributed by atoms with E-state index in [9.17, 15) is 9.59 Å². The van der Waals surface area contributed by atoms with Gasteiger partial charge in [0.2, 0.25) is 0 Å². The van der Waals surface area contributed by atoms with Crippen LogP contribution in [-0.4, -0.2) is 23.7 Å². The fraction of sp³-hybridized carbons (Fsp3) is 0.500. The number of ether oxygens (including phenoxy) is 1. The number of hydrogen-bond donors (Lipinski definition) is 2. The molecule has 0 aromatic heterocycles. The van der Waals surface area contributed by atoms with E-state index >= 15 is 0 Å². The summed E-state index contributed by atoms with van der Waals surface area (Å²) in [6.45, 7) is 4.35. The number of hydrogen-bond acceptors (Lipinski definition) is 3. The number of carbonyl (C=O) groups is 2. The number of nitrogens with one attached hydrogen (secondary N) is 1. The third-order valence-corrected chi connectivity index (χ3v) is 3.15. The Morgan fingerprint density at radius 1 is 1.19 bits per heavy atom. The maximum absolute atomic E-state index is 11.6. The van der Waals surface area contributed by atoms with Gasteiger partial charge >= 0.3 is 12.1 Å². The molecule has 0 unspecified atom stereocenters. The zero-order valence-corrected chi connectivity index (χ0v) is 12.5. The van der Waals surface area contributed by atoms with Crippen molar-refractivity contribution >= 4 is 12.1 Å². The van der Waals surface area contributed by atoms with Crippen molar-refractivity contribution in [2.45, 2.75) is 33.3 Å². The Bertz CT molecular complexity index is 445. The van der Waals surface area contributed by atoms with Gasteiger partial charge in [0.25, 0.3) is 0 Å². The predicted molar refractivity (Wildman–Crippen MR) is 79.8 cm³/mol. The van der Waals surface area contributed by atoms with Crippen LogP contribution in [0.4, 0.5) is 4.79 Å². The van der Waals surface area contributed by atoms with Gasteiger partial charge in [-0.05, 0) is 17.9 Å². The second kappa shape index (κ2) is 9.00. The van der Waals surface area contributed by atoms with E-state index in [4.69, 9.17) is 9.84 Å². The molecule has 1 amide bonds. The number of alkyl carbamates (subject to hydrolysis) is 1. The molecule has 21 heavy (non-hydrogen) atoms. The third-order valence-electron chi connectivity index (χ3n) is 3.15. The Morgan fingerprint density at radius 2 is 1.86 bits per heavy atom. The average molecular weight is 293 g/mol. The Labute approximate surface area is 125 Å². The molecule has 1 aromatic rings. The first-order chi connectivity index (χ1) is 9.99. The zero-order chi connectivity index (χ0) is 15.7.